The molecule has 0 aliphatic rings. The number of halogens is 1. The van der Waals surface area contributed by atoms with E-state index < -0.39 is 10.0 Å². The zero-order valence-electron chi connectivity index (χ0n) is 14.0. The van der Waals surface area contributed by atoms with Gasteiger partial charge < -0.3 is 9.47 Å². The Labute approximate surface area is 157 Å². The van der Waals surface area contributed by atoms with Crippen molar-refractivity contribution in [3.63, 3.8) is 0 Å². The van der Waals surface area contributed by atoms with Gasteiger partial charge in [0.25, 0.3) is 0 Å². The molecule has 0 spiro atoms. The Bertz CT molecular complexity index is 795. The minimum atomic E-state index is -3.58. The summed E-state index contributed by atoms with van der Waals surface area (Å²) < 4.78 is 37.5. The van der Waals surface area contributed by atoms with Crippen LogP contribution in [-0.2, 0) is 15.8 Å². The van der Waals surface area contributed by atoms with Crippen LogP contribution in [0.4, 0.5) is 0 Å². The van der Waals surface area contributed by atoms with Gasteiger partial charge in [0, 0.05) is 29.1 Å². The molecule has 0 fully saturated rings. The van der Waals surface area contributed by atoms with E-state index in [1.165, 1.54) is 26.4 Å². The van der Waals surface area contributed by atoms with Gasteiger partial charge in [0.2, 0.25) is 10.0 Å². The fraction of sp³-hybridized carbons (Fsp3) is 0.294. The summed E-state index contributed by atoms with van der Waals surface area (Å²) in [6.07, 6.45) is 0. The van der Waals surface area contributed by atoms with Crippen molar-refractivity contribution in [2.75, 3.05) is 26.5 Å². The standard InChI is InChI=1S/C17H20ClNO4S2/c1-22-16-8-7-15(11-17(16)23-2)25(20,21)19-9-10-24-12-13-3-5-14(18)6-4-13/h3-8,11,19H,9-10,12H2,1-2H3. The number of sulfonamides is 1. The van der Waals surface area contributed by atoms with Crippen molar-refractivity contribution in [1.29, 1.82) is 0 Å². The molecule has 25 heavy (non-hydrogen) atoms. The molecule has 5 nitrogen and oxygen atoms in total. The molecule has 0 saturated carbocycles. The van der Waals surface area contributed by atoms with E-state index in [1.54, 1.807) is 17.8 Å². The van der Waals surface area contributed by atoms with Crippen molar-refractivity contribution in [1.82, 2.24) is 4.72 Å². The summed E-state index contributed by atoms with van der Waals surface area (Å²) in [4.78, 5) is 0.146. The minimum Gasteiger partial charge on any atom is -0.493 e. The summed E-state index contributed by atoms with van der Waals surface area (Å²) >= 11 is 7.49. The first kappa shape index (κ1) is 19.9. The van der Waals surface area contributed by atoms with Crippen LogP contribution in [0.3, 0.4) is 0 Å². The highest BCUT2D eigenvalue weighted by molar-refractivity contribution is 7.98. The molecule has 2 aromatic carbocycles. The quantitative estimate of drug-likeness (QED) is 0.651. The fourth-order valence-corrected chi connectivity index (χ4v) is 4.21. The van der Waals surface area contributed by atoms with Crippen molar-refractivity contribution >= 4 is 33.4 Å². The van der Waals surface area contributed by atoms with Crippen LogP contribution >= 0.6 is 23.4 Å². The van der Waals surface area contributed by atoms with E-state index in [0.717, 1.165) is 11.3 Å². The Morgan fingerprint density at radius 1 is 1.04 bits per heavy atom. The van der Waals surface area contributed by atoms with E-state index >= 15 is 0 Å². The molecular formula is C17H20ClNO4S2. The van der Waals surface area contributed by atoms with E-state index in [2.05, 4.69) is 4.72 Å². The number of benzene rings is 2. The van der Waals surface area contributed by atoms with Gasteiger partial charge in [-0.15, -0.1) is 0 Å². The number of ether oxygens (including phenoxy) is 2. The number of methoxy groups -OCH3 is 2. The van der Waals surface area contributed by atoms with Gasteiger partial charge in [-0.05, 0) is 29.8 Å². The molecule has 0 heterocycles. The van der Waals surface area contributed by atoms with Gasteiger partial charge in [0.1, 0.15) is 0 Å². The number of hydrogen-bond donors (Lipinski definition) is 1. The molecule has 2 rings (SSSR count). The maximum absolute atomic E-state index is 12.3. The molecule has 0 amide bonds. The normalized spacial score (nSPS) is 11.3. The van der Waals surface area contributed by atoms with Crippen molar-refractivity contribution in [2.45, 2.75) is 10.6 Å². The fourth-order valence-electron chi connectivity index (χ4n) is 2.09. The van der Waals surface area contributed by atoms with Gasteiger partial charge in [-0.1, -0.05) is 23.7 Å². The highest BCUT2D eigenvalue weighted by Crippen LogP contribution is 2.29. The first-order valence-electron chi connectivity index (χ1n) is 7.50. The molecule has 0 unspecified atom stereocenters. The highest BCUT2D eigenvalue weighted by atomic mass is 35.5. The average molecular weight is 402 g/mol. The third kappa shape index (κ3) is 5.81. The topological polar surface area (TPSA) is 64.6 Å². The summed E-state index contributed by atoms with van der Waals surface area (Å²) in [6.45, 7) is 0.342. The predicted octanol–water partition coefficient (Wildman–Crippen LogP) is 3.57. The van der Waals surface area contributed by atoms with E-state index in [1.807, 2.05) is 24.3 Å². The lowest BCUT2D eigenvalue weighted by Crippen LogP contribution is -2.26. The summed E-state index contributed by atoms with van der Waals surface area (Å²) in [5, 5.41) is 0.705. The van der Waals surface area contributed by atoms with Crippen LogP contribution in [0.25, 0.3) is 0 Å². The molecule has 0 bridgehead atoms. The molecule has 0 aliphatic heterocycles. The minimum absolute atomic E-state index is 0.146. The number of rotatable bonds is 9. The van der Waals surface area contributed by atoms with E-state index in [4.69, 9.17) is 21.1 Å². The van der Waals surface area contributed by atoms with Crippen LogP contribution in [0.5, 0.6) is 11.5 Å². The van der Waals surface area contributed by atoms with Gasteiger partial charge in [-0.3, -0.25) is 0 Å². The number of hydrogen-bond acceptors (Lipinski definition) is 5. The second kappa shape index (κ2) is 9.33. The second-order valence-electron chi connectivity index (χ2n) is 5.09. The average Bonchev–Trinajstić information content (AvgIpc) is 2.62. The Morgan fingerprint density at radius 2 is 1.72 bits per heavy atom. The Hall–Kier alpha value is -1.41. The smallest absolute Gasteiger partial charge is 0.240 e. The van der Waals surface area contributed by atoms with Crippen molar-refractivity contribution in [3.05, 3.63) is 53.1 Å². The van der Waals surface area contributed by atoms with E-state index in [9.17, 15) is 8.42 Å². The Morgan fingerprint density at radius 3 is 2.36 bits per heavy atom. The summed E-state index contributed by atoms with van der Waals surface area (Å²) in [7, 11) is -0.615. The molecule has 0 saturated heterocycles. The zero-order valence-corrected chi connectivity index (χ0v) is 16.4. The first-order chi connectivity index (χ1) is 12.0. The largest absolute Gasteiger partial charge is 0.493 e. The summed E-state index contributed by atoms with van der Waals surface area (Å²) in [5.41, 5.74) is 1.15. The number of thioether (sulfide) groups is 1. The van der Waals surface area contributed by atoms with Crippen LogP contribution in [0.1, 0.15) is 5.56 Å². The van der Waals surface area contributed by atoms with Gasteiger partial charge in [-0.25, -0.2) is 13.1 Å². The second-order valence-corrected chi connectivity index (χ2v) is 8.40. The van der Waals surface area contributed by atoms with Crippen LogP contribution in [0.15, 0.2) is 47.4 Å². The molecule has 1 N–H and O–H groups in total. The van der Waals surface area contributed by atoms with Gasteiger partial charge in [-0.2, -0.15) is 11.8 Å². The lowest BCUT2D eigenvalue weighted by atomic mass is 10.2. The number of nitrogens with one attached hydrogen (secondary N) is 1. The molecular weight excluding hydrogens is 382 g/mol. The van der Waals surface area contributed by atoms with Gasteiger partial charge in [0.15, 0.2) is 11.5 Å². The lowest BCUT2D eigenvalue weighted by molar-refractivity contribution is 0.354. The highest BCUT2D eigenvalue weighted by Gasteiger charge is 2.16. The van der Waals surface area contributed by atoms with E-state index in [-0.39, 0.29) is 4.90 Å². The Kier molecular flexibility index (Phi) is 7.43. The molecule has 8 heteroatoms. The zero-order chi connectivity index (χ0) is 18.3. The maximum Gasteiger partial charge on any atom is 0.240 e. The molecule has 0 radical (unpaired) electrons. The SMILES string of the molecule is COc1ccc(S(=O)(=O)NCCSCc2ccc(Cl)cc2)cc1OC. The molecule has 136 valence electrons. The molecule has 0 aromatic heterocycles. The third-order valence-electron chi connectivity index (χ3n) is 3.39. The van der Waals surface area contributed by atoms with Crippen LogP contribution in [0.2, 0.25) is 5.02 Å². The van der Waals surface area contributed by atoms with Crippen LogP contribution in [0, 0.1) is 0 Å². The summed E-state index contributed by atoms with van der Waals surface area (Å²) in [5.74, 6) is 2.33. The lowest BCUT2D eigenvalue weighted by Gasteiger charge is -2.11. The predicted molar refractivity (Wildman–Crippen MR) is 102 cm³/mol. The van der Waals surface area contributed by atoms with Gasteiger partial charge >= 0.3 is 0 Å². The monoisotopic (exact) mass is 401 g/mol. The van der Waals surface area contributed by atoms with Crippen molar-refractivity contribution in [2.24, 2.45) is 0 Å². The maximum atomic E-state index is 12.3. The summed E-state index contributed by atoms with van der Waals surface area (Å²) in [6, 6.07) is 12.1. The van der Waals surface area contributed by atoms with Crippen LogP contribution < -0.4 is 14.2 Å². The molecule has 0 atom stereocenters. The van der Waals surface area contributed by atoms with Crippen molar-refractivity contribution in [3.8, 4) is 11.5 Å². The van der Waals surface area contributed by atoms with Crippen molar-refractivity contribution < 1.29 is 17.9 Å². The molecule has 2 aromatic rings. The van der Waals surface area contributed by atoms with Crippen LogP contribution in [-0.4, -0.2) is 34.9 Å². The first-order valence-corrected chi connectivity index (χ1v) is 10.5. The molecule has 0 aliphatic carbocycles. The third-order valence-corrected chi connectivity index (χ3v) is 6.13. The Balaban J connectivity index is 1.86. The van der Waals surface area contributed by atoms with E-state index in [0.29, 0.717) is 28.8 Å². The van der Waals surface area contributed by atoms with Gasteiger partial charge in [0.05, 0.1) is 19.1 Å².